The van der Waals surface area contributed by atoms with Crippen LogP contribution in [0.5, 0.6) is 0 Å². The van der Waals surface area contributed by atoms with Crippen LogP contribution in [0.2, 0.25) is 0 Å². The molecule has 1 saturated carbocycles. The van der Waals surface area contributed by atoms with Crippen LogP contribution in [0.4, 0.5) is 0 Å². The fraction of sp³-hybridized carbons (Fsp3) is 0.917. The highest BCUT2D eigenvalue weighted by Crippen LogP contribution is 2.27. The molecule has 0 aromatic heterocycles. The Morgan fingerprint density at radius 3 is 2.45 bits per heavy atom. The molecule has 0 radical (unpaired) electrons. The number of rotatable bonds is 8. The van der Waals surface area contributed by atoms with Crippen molar-refractivity contribution < 1.29 is 8.42 Å². The van der Waals surface area contributed by atoms with E-state index in [2.05, 4.69) is 15.6 Å². The molecule has 120 valence electrons. The highest BCUT2D eigenvalue weighted by Gasteiger charge is 2.21. The predicted octanol–water partition coefficient (Wildman–Crippen LogP) is 0.851. The number of aliphatic imine (C=N–C) groups is 1. The average Bonchev–Trinajstić information content (AvgIpc) is 3.15. The molecule has 1 rings (SSSR count). The van der Waals surface area contributed by atoms with Gasteiger partial charge in [-0.25, -0.2) is 12.7 Å². The van der Waals surface area contributed by atoms with Gasteiger partial charge in [0.25, 0.3) is 0 Å². The molecule has 0 unspecified atom stereocenters. The van der Waals surface area contributed by atoms with E-state index >= 15 is 0 Å². The van der Waals surface area contributed by atoms with E-state index in [1.165, 1.54) is 23.4 Å². The maximum atomic E-state index is 11.4. The zero-order valence-corrected chi connectivity index (χ0v) is 15.7. The quantitative estimate of drug-likeness (QED) is 0.265. The van der Waals surface area contributed by atoms with Crippen molar-refractivity contribution in [1.29, 1.82) is 0 Å². The smallest absolute Gasteiger partial charge is 0.211 e. The summed E-state index contributed by atoms with van der Waals surface area (Å²) in [4.78, 5) is 4.14. The van der Waals surface area contributed by atoms with Gasteiger partial charge in [-0.1, -0.05) is 6.92 Å². The molecule has 0 heterocycles. The van der Waals surface area contributed by atoms with E-state index in [9.17, 15) is 8.42 Å². The van der Waals surface area contributed by atoms with Gasteiger partial charge in [-0.2, -0.15) is 0 Å². The number of hydrogen-bond acceptors (Lipinski definition) is 3. The van der Waals surface area contributed by atoms with Crippen molar-refractivity contribution in [3.05, 3.63) is 0 Å². The van der Waals surface area contributed by atoms with Crippen molar-refractivity contribution >= 4 is 40.0 Å². The van der Waals surface area contributed by atoms with E-state index in [-0.39, 0.29) is 24.0 Å². The molecule has 0 aromatic rings. The van der Waals surface area contributed by atoms with Gasteiger partial charge in [0.1, 0.15) is 0 Å². The molecule has 20 heavy (non-hydrogen) atoms. The standard InChI is InChI=1S/C12H26N4O2S.HI/c1-4-16(19(3,17)18)9-5-8-14-12(13-2)15-10-11-6-7-11;/h11H,4-10H2,1-3H3,(H2,13,14,15);1H. The van der Waals surface area contributed by atoms with E-state index < -0.39 is 10.0 Å². The summed E-state index contributed by atoms with van der Waals surface area (Å²) in [5.74, 6) is 1.61. The van der Waals surface area contributed by atoms with Gasteiger partial charge in [-0.3, -0.25) is 4.99 Å². The second kappa shape index (κ2) is 9.78. The Hall–Kier alpha value is -0.0900. The fourth-order valence-corrected chi connectivity index (χ4v) is 2.73. The Morgan fingerprint density at radius 1 is 1.35 bits per heavy atom. The average molecular weight is 418 g/mol. The third-order valence-corrected chi connectivity index (χ3v) is 4.56. The zero-order chi connectivity index (χ0) is 14.3. The molecule has 0 amide bonds. The maximum absolute atomic E-state index is 11.4. The summed E-state index contributed by atoms with van der Waals surface area (Å²) in [7, 11) is -1.33. The first-order chi connectivity index (χ1) is 8.97. The van der Waals surface area contributed by atoms with Crippen LogP contribution < -0.4 is 10.6 Å². The molecule has 0 spiro atoms. The number of halogens is 1. The van der Waals surface area contributed by atoms with Crippen LogP contribution in [-0.4, -0.2) is 58.2 Å². The molecule has 1 aliphatic rings. The van der Waals surface area contributed by atoms with E-state index in [0.29, 0.717) is 13.1 Å². The maximum Gasteiger partial charge on any atom is 0.211 e. The van der Waals surface area contributed by atoms with Gasteiger partial charge in [0.15, 0.2) is 5.96 Å². The van der Waals surface area contributed by atoms with Gasteiger partial charge in [0, 0.05) is 33.2 Å². The first-order valence-corrected chi connectivity index (χ1v) is 8.71. The highest BCUT2D eigenvalue weighted by atomic mass is 127. The lowest BCUT2D eigenvalue weighted by molar-refractivity contribution is 0.424. The molecule has 0 aliphatic heterocycles. The van der Waals surface area contributed by atoms with Crippen LogP contribution in [0.15, 0.2) is 4.99 Å². The molecule has 0 bridgehead atoms. The Bertz CT molecular complexity index is 396. The van der Waals surface area contributed by atoms with E-state index in [1.807, 2.05) is 6.92 Å². The van der Waals surface area contributed by atoms with Gasteiger partial charge < -0.3 is 10.6 Å². The number of guanidine groups is 1. The number of sulfonamides is 1. The van der Waals surface area contributed by atoms with E-state index in [1.54, 1.807) is 7.05 Å². The van der Waals surface area contributed by atoms with Crippen LogP contribution in [0.1, 0.15) is 26.2 Å². The second-order valence-corrected chi connectivity index (χ2v) is 6.91. The van der Waals surface area contributed by atoms with Gasteiger partial charge >= 0.3 is 0 Å². The summed E-state index contributed by atoms with van der Waals surface area (Å²) < 4.78 is 24.3. The predicted molar refractivity (Wildman–Crippen MR) is 94.2 cm³/mol. The lowest BCUT2D eigenvalue weighted by Crippen LogP contribution is -2.40. The highest BCUT2D eigenvalue weighted by molar-refractivity contribution is 14.0. The van der Waals surface area contributed by atoms with Crippen molar-refractivity contribution in [2.24, 2.45) is 10.9 Å². The summed E-state index contributed by atoms with van der Waals surface area (Å²) in [6.45, 7) is 4.61. The number of nitrogens with zero attached hydrogens (tertiary/aromatic N) is 2. The molecule has 0 atom stereocenters. The molecule has 0 saturated heterocycles. The topological polar surface area (TPSA) is 73.8 Å². The monoisotopic (exact) mass is 418 g/mol. The molecule has 6 nitrogen and oxygen atoms in total. The van der Waals surface area contributed by atoms with Crippen LogP contribution in [0.3, 0.4) is 0 Å². The van der Waals surface area contributed by atoms with Crippen molar-refractivity contribution in [3.63, 3.8) is 0 Å². The van der Waals surface area contributed by atoms with Crippen LogP contribution in [0.25, 0.3) is 0 Å². The molecule has 1 aliphatic carbocycles. The van der Waals surface area contributed by atoms with Crippen LogP contribution in [-0.2, 0) is 10.0 Å². The molecular weight excluding hydrogens is 391 g/mol. The Balaban J connectivity index is 0.00000361. The van der Waals surface area contributed by atoms with Gasteiger partial charge in [-0.05, 0) is 25.2 Å². The van der Waals surface area contributed by atoms with Crippen LogP contribution in [0, 0.1) is 5.92 Å². The zero-order valence-electron chi connectivity index (χ0n) is 12.6. The molecule has 1 fully saturated rings. The SMILES string of the molecule is CCN(CCCNC(=NC)NCC1CC1)S(C)(=O)=O.I. The summed E-state index contributed by atoms with van der Waals surface area (Å²) >= 11 is 0. The molecular formula is C12H27IN4O2S. The van der Waals surface area contributed by atoms with Crippen molar-refractivity contribution in [3.8, 4) is 0 Å². The fourth-order valence-electron chi connectivity index (χ4n) is 1.80. The third kappa shape index (κ3) is 8.25. The van der Waals surface area contributed by atoms with E-state index in [4.69, 9.17) is 0 Å². The van der Waals surface area contributed by atoms with Crippen molar-refractivity contribution in [1.82, 2.24) is 14.9 Å². The number of nitrogens with one attached hydrogen (secondary N) is 2. The van der Waals surface area contributed by atoms with Gasteiger partial charge in [-0.15, -0.1) is 24.0 Å². The molecule has 8 heteroatoms. The summed E-state index contributed by atoms with van der Waals surface area (Å²) in [5.41, 5.74) is 0. The van der Waals surface area contributed by atoms with Crippen LogP contribution >= 0.6 is 24.0 Å². The minimum atomic E-state index is -3.07. The number of hydrogen-bond donors (Lipinski definition) is 2. The lowest BCUT2D eigenvalue weighted by Gasteiger charge is -2.18. The Morgan fingerprint density at radius 2 is 2.00 bits per heavy atom. The summed E-state index contributed by atoms with van der Waals surface area (Å²) in [5, 5.41) is 6.47. The third-order valence-electron chi connectivity index (χ3n) is 3.18. The minimum Gasteiger partial charge on any atom is -0.356 e. The van der Waals surface area contributed by atoms with Crippen molar-refractivity contribution in [2.75, 3.05) is 39.5 Å². The van der Waals surface area contributed by atoms with Gasteiger partial charge in [0.05, 0.1) is 6.26 Å². The molecule has 0 aromatic carbocycles. The summed E-state index contributed by atoms with van der Waals surface area (Å²) in [6.07, 6.45) is 4.64. The summed E-state index contributed by atoms with van der Waals surface area (Å²) in [6, 6.07) is 0. The lowest BCUT2D eigenvalue weighted by atomic mass is 10.4. The first kappa shape index (κ1) is 19.9. The molecule has 2 N–H and O–H groups in total. The second-order valence-electron chi connectivity index (χ2n) is 4.93. The van der Waals surface area contributed by atoms with Gasteiger partial charge in [0.2, 0.25) is 10.0 Å². The first-order valence-electron chi connectivity index (χ1n) is 6.87. The van der Waals surface area contributed by atoms with Crippen molar-refractivity contribution in [2.45, 2.75) is 26.2 Å². The Kier molecular flexibility index (Phi) is 9.73. The largest absolute Gasteiger partial charge is 0.356 e. The Labute approximate surface area is 139 Å². The minimum absolute atomic E-state index is 0. The van der Waals surface area contributed by atoms with E-state index in [0.717, 1.165) is 31.4 Å². The normalized spacial score (nSPS) is 15.9.